The molecule has 2 fully saturated rings. The van der Waals surface area contributed by atoms with E-state index < -0.39 is 0 Å². The van der Waals surface area contributed by atoms with E-state index in [0.717, 1.165) is 32.4 Å². The normalized spacial score (nSPS) is 32.4. The van der Waals surface area contributed by atoms with Crippen molar-refractivity contribution in [2.75, 3.05) is 20.2 Å². The van der Waals surface area contributed by atoms with Gasteiger partial charge in [-0.15, -0.1) is 0 Å². The molecular formula is C9H15NO2. The summed E-state index contributed by atoms with van der Waals surface area (Å²) in [6.07, 6.45) is 3.31. The largest absolute Gasteiger partial charge is 0.379 e. The predicted octanol–water partition coefficient (Wildman–Crippen LogP) is 0.439. The van der Waals surface area contributed by atoms with Crippen molar-refractivity contribution in [3.8, 4) is 0 Å². The van der Waals surface area contributed by atoms with Crippen LogP contribution >= 0.6 is 0 Å². The maximum absolute atomic E-state index is 11.3. The van der Waals surface area contributed by atoms with Gasteiger partial charge in [0.05, 0.1) is 12.1 Å². The first-order valence-corrected chi connectivity index (χ1v) is 4.61. The van der Waals surface area contributed by atoms with Crippen LogP contribution in [0.5, 0.6) is 0 Å². The topological polar surface area (TPSA) is 29.5 Å². The Morgan fingerprint density at radius 1 is 1.50 bits per heavy atom. The highest BCUT2D eigenvalue weighted by atomic mass is 16.5. The lowest BCUT2D eigenvalue weighted by Gasteiger charge is -2.41. The zero-order valence-electron chi connectivity index (χ0n) is 7.45. The zero-order valence-corrected chi connectivity index (χ0v) is 7.45. The van der Waals surface area contributed by atoms with E-state index in [4.69, 9.17) is 4.74 Å². The van der Waals surface area contributed by atoms with Crippen LogP contribution in [0, 0.1) is 0 Å². The van der Waals surface area contributed by atoms with Crippen molar-refractivity contribution in [1.82, 2.24) is 4.90 Å². The Morgan fingerprint density at radius 3 is 2.75 bits per heavy atom. The number of rotatable bonds is 2. The van der Waals surface area contributed by atoms with E-state index >= 15 is 0 Å². The van der Waals surface area contributed by atoms with Crippen LogP contribution < -0.4 is 0 Å². The van der Waals surface area contributed by atoms with Crippen LogP contribution in [0.4, 0.5) is 0 Å². The van der Waals surface area contributed by atoms with Gasteiger partial charge in [0.1, 0.15) is 5.78 Å². The van der Waals surface area contributed by atoms with E-state index in [1.165, 1.54) is 0 Å². The molecule has 1 aliphatic carbocycles. The van der Waals surface area contributed by atoms with Crippen LogP contribution in [0.3, 0.4) is 0 Å². The molecule has 1 saturated heterocycles. The number of hydrogen-bond donors (Lipinski definition) is 0. The summed E-state index contributed by atoms with van der Waals surface area (Å²) in [7, 11) is 1.73. The van der Waals surface area contributed by atoms with Gasteiger partial charge in [0, 0.05) is 26.6 Å². The molecule has 0 radical (unpaired) electrons. The molecule has 2 rings (SSSR count). The standard InChI is InChI=1S/C9H15NO2/c1-12-7-5-10(6-7)8-3-2-4-9(8)11/h7-8H,2-6H2,1H3. The van der Waals surface area contributed by atoms with Crippen LogP contribution in [-0.2, 0) is 9.53 Å². The molecule has 0 spiro atoms. The van der Waals surface area contributed by atoms with E-state index in [0.29, 0.717) is 11.9 Å². The summed E-state index contributed by atoms with van der Waals surface area (Å²) in [5.41, 5.74) is 0. The van der Waals surface area contributed by atoms with Gasteiger partial charge in [0.2, 0.25) is 0 Å². The smallest absolute Gasteiger partial charge is 0.149 e. The van der Waals surface area contributed by atoms with Gasteiger partial charge in [0.25, 0.3) is 0 Å². The molecule has 3 nitrogen and oxygen atoms in total. The third kappa shape index (κ3) is 1.27. The first kappa shape index (κ1) is 8.20. The minimum absolute atomic E-state index is 0.233. The fourth-order valence-electron chi connectivity index (χ4n) is 2.06. The lowest BCUT2D eigenvalue weighted by molar-refractivity contribution is -0.127. The Bertz CT molecular complexity index is 187. The minimum atomic E-state index is 0.233. The number of Topliss-reactive ketones (excluding diaryl/α,β-unsaturated/α-hetero) is 1. The summed E-state index contributed by atoms with van der Waals surface area (Å²) in [4.78, 5) is 13.6. The Hall–Kier alpha value is -0.410. The highest BCUT2D eigenvalue weighted by molar-refractivity contribution is 5.86. The molecule has 3 heteroatoms. The van der Waals surface area contributed by atoms with Crippen molar-refractivity contribution in [3.63, 3.8) is 0 Å². The van der Waals surface area contributed by atoms with E-state index in [1.54, 1.807) is 7.11 Å². The van der Waals surface area contributed by atoms with Gasteiger partial charge in [-0.3, -0.25) is 9.69 Å². The number of nitrogens with zero attached hydrogens (tertiary/aromatic N) is 1. The van der Waals surface area contributed by atoms with Crippen LogP contribution in [-0.4, -0.2) is 43.0 Å². The quantitative estimate of drug-likeness (QED) is 0.600. The molecule has 0 amide bonds. The van der Waals surface area contributed by atoms with E-state index in [2.05, 4.69) is 4.90 Å². The molecule has 1 saturated carbocycles. The Balaban J connectivity index is 1.83. The van der Waals surface area contributed by atoms with E-state index in [1.807, 2.05) is 0 Å². The van der Waals surface area contributed by atoms with E-state index in [-0.39, 0.29) is 6.04 Å². The summed E-state index contributed by atoms with van der Waals surface area (Å²) in [5.74, 6) is 0.435. The summed E-state index contributed by atoms with van der Waals surface area (Å²) in [6.45, 7) is 1.90. The first-order valence-electron chi connectivity index (χ1n) is 4.61. The average Bonchev–Trinajstić information content (AvgIpc) is 2.35. The first-order chi connectivity index (χ1) is 5.81. The molecule has 0 bridgehead atoms. The third-order valence-corrected chi connectivity index (χ3v) is 2.92. The lowest BCUT2D eigenvalue weighted by Crippen LogP contribution is -2.57. The minimum Gasteiger partial charge on any atom is -0.379 e. The summed E-state index contributed by atoms with van der Waals surface area (Å²) < 4.78 is 5.16. The SMILES string of the molecule is COC1CN(C2CCCC2=O)C1. The number of likely N-dealkylation sites (tertiary alicyclic amines) is 1. The molecule has 68 valence electrons. The number of carbonyl (C=O) groups excluding carboxylic acids is 1. The predicted molar refractivity (Wildman–Crippen MR) is 45.0 cm³/mol. The Morgan fingerprint density at radius 2 is 2.25 bits per heavy atom. The molecule has 2 aliphatic rings. The molecule has 0 aromatic rings. The van der Waals surface area contributed by atoms with Gasteiger partial charge in [-0.25, -0.2) is 0 Å². The van der Waals surface area contributed by atoms with Gasteiger partial charge in [-0.1, -0.05) is 0 Å². The second-order valence-electron chi connectivity index (χ2n) is 3.69. The van der Waals surface area contributed by atoms with Crippen LogP contribution in [0.25, 0.3) is 0 Å². The summed E-state index contributed by atoms with van der Waals surface area (Å²) >= 11 is 0. The van der Waals surface area contributed by atoms with Gasteiger partial charge < -0.3 is 4.74 Å². The molecule has 1 unspecified atom stereocenters. The van der Waals surface area contributed by atoms with Crippen LogP contribution in [0.1, 0.15) is 19.3 Å². The molecule has 0 N–H and O–H groups in total. The second-order valence-corrected chi connectivity index (χ2v) is 3.69. The van der Waals surface area contributed by atoms with Crippen molar-refractivity contribution < 1.29 is 9.53 Å². The van der Waals surface area contributed by atoms with Crippen molar-refractivity contribution >= 4 is 5.78 Å². The summed E-state index contributed by atoms with van der Waals surface area (Å²) in [5, 5.41) is 0. The van der Waals surface area contributed by atoms with Crippen molar-refractivity contribution in [1.29, 1.82) is 0 Å². The average molecular weight is 169 g/mol. The number of carbonyl (C=O) groups is 1. The maximum Gasteiger partial charge on any atom is 0.149 e. The monoisotopic (exact) mass is 169 g/mol. The van der Waals surface area contributed by atoms with Crippen molar-refractivity contribution in [3.05, 3.63) is 0 Å². The lowest BCUT2D eigenvalue weighted by atomic mass is 10.1. The van der Waals surface area contributed by atoms with Gasteiger partial charge in [-0.2, -0.15) is 0 Å². The molecule has 1 atom stereocenters. The summed E-state index contributed by atoms with van der Waals surface area (Å²) in [6, 6.07) is 0.233. The number of ether oxygens (including phenoxy) is 1. The molecule has 0 aromatic carbocycles. The zero-order chi connectivity index (χ0) is 8.55. The van der Waals surface area contributed by atoms with Crippen LogP contribution in [0.15, 0.2) is 0 Å². The number of methoxy groups -OCH3 is 1. The number of ketones is 1. The van der Waals surface area contributed by atoms with Gasteiger partial charge >= 0.3 is 0 Å². The number of hydrogen-bond acceptors (Lipinski definition) is 3. The highest BCUT2D eigenvalue weighted by Gasteiger charge is 2.37. The molecule has 12 heavy (non-hydrogen) atoms. The van der Waals surface area contributed by atoms with Gasteiger partial charge in [0.15, 0.2) is 0 Å². The molecule has 0 aromatic heterocycles. The fourth-order valence-corrected chi connectivity index (χ4v) is 2.06. The Labute approximate surface area is 72.7 Å². The van der Waals surface area contributed by atoms with Crippen LogP contribution in [0.2, 0.25) is 0 Å². The Kier molecular flexibility index (Phi) is 2.15. The highest BCUT2D eigenvalue weighted by Crippen LogP contribution is 2.25. The molecule has 1 heterocycles. The van der Waals surface area contributed by atoms with Crippen molar-refractivity contribution in [2.45, 2.75) is 31.4 Å². The van der Waals surface area contributed by atoms with E-state index in [9.17, 15) is 4.79 Å². The van der Waals surface area contributed by atoms with Gasteiger partial charge in [-0.05, 0) is 12.8 Å². The maximum atomic E-state index is 11.3. The second kappa shape index (κ2) is 3.15. The fraction of sp³-hybridized carbons (Fsp3) is 0.889. The van der Waals surface area contributed by atoms with Crippen molar-refractivity contribution in [2.24, 2.45) is 0 Å². The third-order valence-electron chi connectivity index (χ3n) is 2.92. The molecular weight excluding hydrogens is 154 g/mol. The molecule has 1 aliphatic heterocycles.